The van der Waals surface area contributed by atoms with E-state index in [9.17, 15) is 13.2 Å². The molecular weight excluding hydrogens is 374 g/mol. The number of anilines is 1. The fraction of sp³-hybridized carbons (Fsp3) is 0.381. The zero-order chi connectivity index (χ0) is 20.8. The lowest BCUT2D eigenvalue weighted by Gasteiger charge is -2.31. The molecule has 0 saturated carbocycles. The molecule has 0 aliphatic carbocycles. The van der Waals surface area contributed by atoms with E-state index in [1.165, 1.54) is 5.56 Å². The van der Waals surface area contributed by atoms with Crippen molar-refractivity contribution in [2.45, 2.75) is 38.8 Å². The van der Waals surface area contributed by atoms with E-state index >= 15 is 0 Å². The van der Waals surface area contributed by atoms with Gasteiger partial charge in [-0.2, -0.15) is 0 Å². The normalized spacial score (nSPS) is 13.0. The van der Waals surface area contributed by atoms with E-state index in [1.807, 2.05) is 32.0 Å². The van der Waals surface area contributed by atoms with Gasteiger partial charge >= 0.3 is 0 Å². The van der Waals surface area contributed by atoms with Crippen molar-refractivity contribution >= 4 is 21.6 Å². The second-order valence-electron chi connectivity index (χ2n) is 7.65. The molecule has 2 rings (SSSR count). The minimum Gasteiger partial charge on any atom is -0.354 e. The molecular formula is C21H29N3O3S. The highest BCUT2D eigenvalue weighted by Crippen LogP contribution is 2.18. The summed E-state index contributed by atoms with van der Waals surface area (Å²) in [4.78, 5) is 12.4. The maximum Gasteiger partial charge on any atom is 0.229 e. The summed E-state index contributed by atoms with van der Waals surface area (Å²) in [6.07, 6.45) is 1.19. The fourth-order valence-electron chi connectivity index (χ4n) is 2.99. The monoisotopic (exact) mass is 403 g/mol. The number of carbonyl (C=O) groups is 1. The molecule has 0 aliphatic heterocycles. The highest BCUT2D eigenvalue weighted by Gasteiger charge is 2.22. The number of para-hydroxylation sites is 1. The van der Waals surface area contributed by atoms with Crippen LogP contribution in [0.25, 0.3) is 0 Å². The maximum absolute atomic E-state index is 12.4. The van der Waals surface area contributed by atoms with Crippen LogP contribution >= 0.6 is 0 Å². The molecule has 0 bridgehead atoms. The molecule has 0 saturated heterocycles. The predicted molar refractivity (Wildman–Crippen MR) is 114 cm³/mol. The maximum atomic E-state index is 12.4. The molecule has 1 atom stereocenters. The standard InChI is InChI=1S/C21H29N3O3S/c1-16(17-10-6-5-7-11-17)23-21(2,3)15-22-20(25)14-18-12-8-9-13-19(18)24-28(4,26)27/h5-13,16,23-24H,14-15H2,1-4H3,(H,22,25). The van der Waals surface area contributed by atoms with Crippen molar-refractivity contribution in [1.82, 2.24) is 10.6 Å². The SMILES string of the molecule is CC(NC(C)(C)CNC(=O)Cc1ccccc1NS(C)(=O)=O)c1ccccc1. The van der Waals surface area contributed by atoms with Gasteiger partial charge in [-0.1, -0.05) is 48.5 Å². The van der Waals surface area contributed by atoms with Gasteiger partial charge in [-0.05, 0) is 38.0 Å². The van der Waals surface area contributed by atoms with Crippen molar-refractivity contribution in [1.29, 1.82) is 0 Å². The van der Waals surface area contributed by atoms with E-state index in [1.54, 1.807) is 24.3 Å². The summed E-state index contributed by atoms with van der Waals surface area (Å²) in [5, 5.41) is 6.47. The molecule has 152 valence electrons. The summed E-state index contributed by atoms with van der Waals surface area (Å²) < 4.78 is 25.4. The number of benzene rings is 2. The molecule has 0 radical (unpaired) electrons. The lowest BCUT2D eigenvalue weighted by Crippen LogP contribution is -2.50. The summed E-state index contributed by atoms with van der Waals surface area (Å²) in [5.41, 5.74) is 1.93. The quantitative estimate of drug-likeness (QED) is 0.601. The zero-order valence-corrected chi connectivity index (χ0v) is 17.6. The van der Waals surface area contributed by atoms with Gasteiger partial charge in [-0.15, -0.1) is 0 Å². The highest BCUT2D eigenvalue weighted by molar-refractivity contribution is 7.92. The number of carbonyl (C=O) groups excluding carboxylic acids is 1. The summed E-state index contributed by atoms with van der Waals surface area (Å²) in [6, 6.07) is 17.2. The molecule has 1 unspecified atom stereocenters. The average Bonchev–Trinajstić information content (AvgIpc) is 2.61. The Bertz CT molecular complexity index is 896. The third-order valence-electron chi connectivity index (χ3n) is 4.30. The smallest absolute Gasteiger partial charge is 0.229 e. The first-order valence-electron chi connectivity index (χ1n) is 9.21. The molecule has 0 aromatic heterocycles. The molecule has 0 fully saturated rings. The first kappa shape index (κ1) is 21.9. The Morgan fingerprint density at radius 2 is 1.64 bits per heavy atom. The molecule has 3 N–H and O–H groups in total. The van der Waals surface area contributed by atoms with E-state index < -0.39 is 10.0 Å². The molecule has 28 heavy (non-hydrogen) atoms. The number of nitrogens with one attached hydrogen (secondary N) is 3. The Hall–Kier alpha value is -2.38. The Balaban J connectivity index is 1.93. The predicted octanol–water partition coefficient (Wildman–Crippen LogP) is 2.85. The number of hydrogen-bond donors (Lipinski definition) is 3. The first-order valence-corrected chi connectivity index (χ1v) is 11.1. The van der Waals surface area contributed by atoms with E-state index in [0.717, 1.165) is 6.26 Å². The minimum absolute atomic E-state index is 0.100. The molecule has 7 heteroatoms. The van der Waals surface area contributed by atoms with Gasteiger partial charge in [0.05, 0.1) is 18.4 Å². The molecule has 2 aromatic rings. The number of hydrogen-bond acceptors (Lipinski definition) is 4. The van der Waals surface area contributed by atoms with E-state index in [-0.39, 0.29) is 23.9 Å². The van der Waals surface area contributed by atoms with Gasteiger partial charge in [-0.25, -0.2) is 8.42 Å². The molecule has 0 heterocycles. The topological polar surface area (TPSA) is 87.3 Å². The van der Waals surface area contributed by atoms with Crippen molar-refractivity contribution in [3.05, 3.63) is 65.7 Å². The van der Waals surface area contributed by atoms with Crippen LogP contribution in [0.2, 0.25) is 0 Å². The summed E-state index contributed by atoms with van der Waals surface area (Å²) in [5.74, 6) is -0.162. The number of sulfonamides is 1. The van der Waals surface area contributed by atoms with Crippen molar-refractivity contribution in [3.8, 4) is 0 Å². The Kier molecular flexibility index (Phi) is 7.21. The molecule has 1 amide bonds. The zero-order valence-electron chi connectivity index (χ0n) is 16.8. The van der Waals surface area contributed by atoms with Gasteiger partial charge in [0.1, 0.15) is 0 Å². The van der Waals surface area contributed by atoms with Crippen LogP contribution in [0.3, 0.4) is 0 Å². The van der Waals surface area contributed by atoms with Gasteiger partial charge in [0.25, 0.3) is 0 Å². The van der Waals surface area contributed by atoms with Gasteiger partial charge in [0.2, 0.25) is 15.9 Å². The highest BCUT2D eigenvalue weighted by atomic mass is 32.2. The second-order valence-corrected chi connectivity index (χ2v) is 9.39. The number of rotatable bonds is 9. The second kappa shape index (κ2) is 9.21. The van der Waals surface area contributed by atoms with Crippen LogP contribution in [0, 0.1) is 0 Å². The molecule has 0 spiro atoms. The summed E-state index contributed by atoms with van der Waals surface area (Å²) in [6.45, 7) is 6.61. The molecule has 2 aromatic carbocycles. The fourth-order valence-corrected chi connectivity index (χ4v) is 3.59. The Morgan fingerprint density at radius 3 is 2.29 bits per heavy atom. The lowest BCUT2D eigenvalue weighted by molar-refractivity contribution is -0.120. The van der Waals surface area contributed by atoms with Crippen LogP contribution < -0.4 is 15.4 Å². The third kappa shape index (κ3) is 7.32. The Labute approximate surface area is 167 Å². The first-order chi connectivity index (χ1) is 13.1. The van der Waals surface area contributed by atoms with Gasteiger partial charge in [0.15, 0.2) is 0 Å². The van der Waals surface area contributed by atoms with Gasteiger partial charge in [-0.3, -0.25) is 9.52 Å². The summed E-state index contributed by atoms with van der Waals surface area (Å²) in [7, 11) is -3.40. The van der Waals surface area contributed by atoms with Crippen molar-refractivity contribution < 1.29 is 13.2 Å². The van der Waals surface area contributed by atoms with Crippen LogP contribution in [-0.2, 0) is 21.2 Å². The van der Waals surface area contributed by atoms with Crippen LogP contribution in [-0.4, -0.2) is 32.7 Å². The van der Waals surface area contributed by atoms with Crippen LogP contribution in [0.4, 0.5) is 5.69 Å². The van der Waals surface area contributed by atoms with E-state index in [4.69, 9.17) is 0 Å². The molecule has 6 nitrogen and oxygen atoms in total. The van der Waals surface area contributed by atoms with Gasteiger partial charge in [0, 0.05) is 18.1 Å². The van der Waals surface area contributed by atoms with Crippen molar-refractivity contribution in [2.75, 3.05) is 17.5 Å². The van der Waals surface area contributed by atoms with Crippen molar-refractivity contribution in [3.63, 3.8) is 0 Å². The average molecular weight is 404 g/mol. The van der Waals surface area contributed by atoms with Crippen LogP contribution in [0.15, 0.2) is 54.6 Å². The lowest BCUT2D eigenvalue weighted by atomic mass is 10.0. The Morgan fingerprint density at radius 1 is 1.04 bits per heavy atom. The van der Waals surface area contributed by atoms with E-state index in [0.29, 0.717) is 17.8 Å². The summed E-state index contributed by atoms with van der Waals surface area (Å²) >= 11 is 0. The largest absolute Gasteiger partial charge is 0.354 e. The van der Waals surface area contributed by atoms with Crippen LogP contribution in [0.1, 0.15) is 37.9 Å². The molecule has 0 aliphatic rings. The van der Waals surface area contributed by atoms with Crippen LogP contribution in [0.5, 0.6) is 0 Å². The number of amides is 1. The van der Waals surface area contributed by atoms with Crippen molar-refractivity contribution in [2.24, 2.45) is 0 Å². The minimum atomic E-state index is -3.40. The third-order valence-corrected chi connectivity index (χ3v) is 4.89. The van der Waals surface area contributed by atoms with Gasteiger partial charge < -0.3 is 10.6 Å². The van der Waals surface area contributed by atoms with E-state index in [2.05, 4.69) is 34.4 Å².